The van der Waals surface area contributed by atoms with Crippen molar-refractivity contribution < 1.29 is 0 Å². The van der Waals surface area contributed by atoms with Gasteiger partial charge in [0.25, 0.3) is 0 Å². The van der Waals surface area contributed by atoms with E-state index >= 15 is 0 Å². The first kappa shape index (κ1) is 9.75. The number of thiophene rings is 1. The standard InChI is InChI=1S/C10H17NS/c1-9(11-2)5-3-6-10-7-4-8-12-10/h4,7-9,11H,3,5-6H2,1-2H3. The average Bonchev–Trinajstić information content (AvgIpc) is 2.57. The second kappa shape index (κ2) is 5.33. The summed E-state index contributed by atoms with van der Waals surface area (Å²) in [7, 11) is 2.02. The minimum atomic E-state index is 0.657. The molecule has 0 aliphatic heterocycles. The van der Waals surface area contributed by atoms with E-state index in [1.165, 1.54) is 24.1 Å². The Labute approximate surface area is 78.8 Å². The highest BCUT2D eigenvalue weighted by Gasteiger charge is 1.98. The van der Waals surface area contributed by atoms with Crippen molar-refractivity contribution in [2.45, 2.75) is 32.2 Å². The number of rotatable bonds is 5. The molecule has 0 spiro atoms. The normalized spacial score (nSPS) is 13.2. The van der Waals surface area contributed by atoms with Gasteiger partial charge in [0, 0.05) is 10.9 Å². The fourth-order valence-electron chi connectivity index (χ4n) is 1.18. The van der Waals surface area contributed by atoms with Crippen LogP contribution < -0.4 is 5.32 Å². The van der Waals surface area contributed by atoms with Gasteiger partial charge in [-0.15, -0.1) is 11.3 Å². The molecule has 2 heteroatoms. The highest BCUT2D eigenvalue weighted by atomic mass is 32.1. The minimum absolute atomic E-state index is 0.657. The highest BCUT2D eigenvalue weighted by molar-refractivity contribution is 7.09. The first-order valence-corrected chi connectivity index (χ1v) is 5.40. The first-order chi connectivity index (χ1) is 5.83. The molecule has 0 aromatic carbocycles. The van der Waals surface area contributed by atoms with E-state index in [2.05, 4.69) is 29.8 Å². The molecule has 1 unspecified atom stereocenters. The molecule has 0 aliphatic carbocycles. The van der Waals surface area contributed by atoms with Crippen molar-refractivity contribution in [3.63, 3.8) is 0 Å². The lowest BCUT2D eigenvalue weighted by molar-refractivity contribution is 0.543. The summed E-state index contributed by atoms with van der Waals surface area (Å²) >= 11 is 1.86. The zero-order valence-electron chi connectivity index (χ0n) is 7.84. The minimum Gasteiger partial charge on any atom is -0.317 e. The van der Waals surface area contributed by atoms with Crippen LogP contribution in [0.3, 0.4) is 0 Å². The summed E-state index contributed by atoms with van der Waals surface area (Å²) in [5, 5.41) is 5.40. The van der Waals surface area contributed by atoms with Crippen LogP contribution in [-0.4, -0.2) is 13.1 Å². The Morgan fingerprint density at radius 3 is 3.00 bits per heavy atom. The maximum atomic E-state index is 3.25. The summed E-state index contributed by atoms with van der Waals surface area (Å²) in [5.74, 6) is 0. The van der Waals surface area contributed by atoms with E-state index in [0.29, 0.717) is 6.04 Å². The van der Waals surface area contributed by atoms with E-state index in [1.54, 1.807) is 0 Å². The van der Waals surface area contributed by atoms with Gasteiger partial charge in [0.15, 0.2) is 0 Å². The quantitative estimate of drug-likeness (QED) is 0.740. The third kappa shape index (κ3) is 3.37. The topological polar surface area (TPSA) is 12.0 Å². The SMILES string of the molecule is CNC(C)CCCc1cccs1. The molecular formula is C10H17NS. The van der Waals surface area contributed by atoms with Gasteiger partial charge in [0.2, 0.25) is 0 Å². The molecule has 1 N–H and O–H groups in total. The maximum absolute atomic E-state index is 3.25. The molecule has 0 radical (unpaired) electrons. The monoisotopic (exact) mass is 183 g/mol. The largest absolute Gasteiger partial charge is 0.317 e. The molecule has 0 aliphatic rings. The van der Waals surface area contributed by atoms with Crippen molar-refractivity contribution in [1.82, 2.24) is 5.32 Å². The number of hydrogen-bond donors (Lipinski definition) is 1. The zero-order valence-corrected chi connectivity index (χ0v) is 8.66. The van der Waals surface area contributed by atoms with Gasteiger partial charge in [0.1, 0.15) is 0 Å². The van der Waals surface area contributed by atoms with E-state index < -0.39 is 0 Å². The van der Waals surface area contributed by atoms with Crippen molar-refractivity contribution in [3.8, 4) is 0 Å². The number of aryl methyl sites for hydroxylation is 1. The third-order valence-electron chi connectivity index (χ3n) is 2.13. The van der Waals surface area contributed by atoms with Crippen molar-refractivity contribution >= 4 is 11.3 Å². The van der Waals surface area contributed by atoms with Crippen LogP contribution in [0, 0.1) is 0 Å². The Kier molecular flexibility index (Phi) is 4.33. The average molecular weight is 183 g/mol. The fraction of sp³-hybridized carbons (Fsp3) is 0.600. The molecule has 0 saturated heterocycles. The molecular weight excluding hydrogens is 166 g/mol. The molecule has 1 aromatic rings. The van der Waals surface area contributed by atoms with E-state index in [-0.39, 0.29) is 0 Å². The number of nitrogens with one attached hydrogen (secondary N) is 1. The Morgan fingerprint density at radius 2 is 2.42 bits per heavy atom. The maximum Gasteiger partial charge on any atom is 0.00452 e. The second-order valence-electron chi connectivity index (χ2n) is 3.16. The van der Waals surface area contributed by atoms with E-state index in [4.69, 9.17) is 0 Å². The van der Waals surface area contributed by atoms with E-state index in [9.17, 15) is 0 Å². The molecule has 0 fully saturated rings. The van der Waals surface area contributed by atoms with Gasteiger partial charge in [-0.2, -0.15) is 0 Å². The third-order valence-corrected chi connectivity index (χ3v) is 3.07. The molecule has 1 heterocycles. The van der Waals surface area contributed by atoms with Crippen LogP contribution in [0.5, 0.6) is 0 Å². The molecule has 1 rings (SSSR count). The number of hydrogen-bond acceptors (Lipinski definition) is 2. The molecule has 0 amide bonds. The van der Waals surface area contributed by atoms with Gasteiger partial charge in [-0.25, -0.2) is 0 Å². The Balaban J connectivity index is 2.11. The smallest absolute Gasteiger partial charge is 0.00452 e. The van der Waals surface area contributed by atoms with Gasteiger partial charge in [-0.3, -0.25) is 0 Å². The molecule has 1 nitrogen and oxygen atoms in total. The van der Waals surface area contributed by atoms with Crippen LogP contribution in [0.25, 0.3) is 0 Å². The predicted molar refractivity (Wildman–Crippen MR) is 55.8 cm³/mol. The van der Waals surface area contributed by atoms with Crippen LogP contribution >= 0.6 is 11.3 Å². The summed E-state index contributed by atoms with van der Waals surface area (Å²) < 4.78 is 0. The van der Waals surface area contributed by atoms with Gasteiger partial charge in [-0.1, -0.05) is 6.07 Å². The van der Waals surface area contributed by atoms with Crippen LogP contribution in [-0.2, 0) is 6.42 Å². The summed E-state index contributed by atoms with van der Waals surface area (Å²) in [6, 6.07) is 5.00. The van der Waals surface area contributed by atoms with Crippen molar-refractivity contribution in [2.24, 2.45) is 0 Å². The Bertz CT molecular complexity index is 194. The van der Waals surface area contributed by atoms with E-state index in [1.807, 2.05) is 18.4 Å². The van der Waals surface area contributed by atoms with Crippen molar-refractivity contribution in [3.05, 3.63) is 22.4 Å². The Hall–Kier alpha value is -0.340. The lowest BCUT2D eigenvalue weighted by Gasteiger charge is -2.08. The Morgan fingerprint density at radius 1 is 1.58 bits per heavy atom. The molecule has 1 aromatic heterocycles. The first-order valence-electron chi connectivity index (χ1n) is 4.52. The summed E-state index contributed by atoms with van der Waals surface area (Å²) in [6.45, 7) is 2.23. The zero-order chi connectivity index (χ0) is 8.81. The lowest BCUT2D eigenvalue weighted by Crippen LogP contribution is -2.20. The predicted octanol–water partition coefficient (Wildman–Crippen LogP) is 2.68. The molecule has 12 heavy (non-hydrogen) atoms. The van der Waals surface area contributed by atoms with Crippen molar-refractivity contribution in [1.29, 1.82) is 0 Å². The molecule has 0 saturated carbocycles. The van der Waals surface area contributed by atoms with Gasteiger partial charge >= 0.3 is 0 Å². The van der Waals surface area contributed by atoms with Gasteiger partial charge < -0.3 is 5.32 Å². The fourth-order valence-corrected chi connectivity index (χ4v) is 1.93. The summed E-state index contributed by atoms with van der Waals surface area (Å²) in [6.07, 6.45) is 3.81. The van der Waals surface area contributed by atoms with Crippen molar-refractivity contribution in [2.75, 3.05) is 7.05 Å². The van der Waals surface area contributed by atoms with Gasteiger partial charge in [0.05, 0.1) is 0 Å². The molecule has 0 bridgehead atoms. The second-order valence-corrected chi connectivity index (χ2v) is 4.19. The summed E-state index contributed by atoms with van der Waals surface area (Å²) in [4.78, 5) is 1.51. The summed E-state index contributed by atoms with van der Waals surface area (Å²) in [5.41, 5.74) is 0. The van der Waals surface area contributed by atoms with E-state index in [0.717, 1.165) is 0 Å². The van der Waals surface area contributed by atoms with Crippen LogP contribution in [0.1, 0.15) is 24.6 Å². The van der Waals surface area contributed by atoms with Crippen LogP contribution in [0.15, 0.2) is 17.5 Å². The van der Waals surface area contributed by atoms with Gasteiger partial charge in [-0.05, 0) is 44.7 Å². The molecule has 1 atom stereocenters. The lowest BCUT2D eigenvalue weighted by atomic mass is 10.1. The highest BCUT2D eigenvalue weighted by Crippen LogP contribution is 2.12. The molecule has 68 valence electrons. The van der Waals surface area contributed by atoms with Crippen LogP contribution in [0.4, 0.5) is 0 Å². The van der Waals surface area contributed by atoms with Crippen LogP contribution in [0.2, 0.25) is 0 Å².